The third kappa shape index (κ3) is 3.00. The minimum absolute atomic E-state index is 0.360. The predicted molar refractivity (Wildman–Crippen MR) is 63.0 cm³/mol. The fourth-order valence-corrected chi connectivity index (χ4v) is 1.56. The van der Waals surface area contributed by atoms with Crippen LogP contribution in [0.1, 0.15) is 26.2 Å². The Kier molecular flexibility index (Phi) is 3.91. The molecular weight excluding hydrogens is 198 g/mol. The van der Waals surface area contributed by atoms with E-state index in [2.05, 4.69) is 18.0 Å². The lowest BCUT2D eigenvalue weighted by atomic mass is 9.78. The molecule has 0 amide bonds. The molecule has 1 fully saturated rings. The molecule has 1 N–H and O–H groups in total. The summed E-state index contributed by atoms with van der Waals surface area (Å²) >= 11 is 0. The largest absolute Gasteiger partial charge is 0.371 e. The lowest BCUT2D eigenvalue weighted by Crippen LogP contribution is -2.48. The SMILES string of the molecule is C=C(C#N)/C=C\C=C(/C)NC1(C#N)CCC1. The van der Waals surface area contributed by atoms with Crippen molar-refractivity contribution in [3.05, 3.63) is 36.1 Å². The molecule has 82 valence electrons. The van der Waals surface area contributed by atoms with Crippen molar-refractivity contribution in [1.29, 1.82) is 10.5 Å². The first-order valence-electron chi connectivity index (χ1n) is 5.25. The second kappa shape index (κ2) is 5.19. The molecule has 3 heteroatoms. The highest BCUT2D eigenvalue weighted by atomic mass is 15.0. The Labute approximate surface area is 96.4 Å². The first-order chi connectivity index (χ1) is 7.62. The van der Waals surface area contributed by atoms with Gasteiger partial charge >= 0.3 is 0 Å². The van der Waals surface area contributed by atoms with Crippen molar-refractivity contribution in [3.8, 4) is 12.1 Å². The van der Waals surface area contributed by atoms with Gasteiger partial charge in [-0.3, -0.25) is 0 Å². The molecule has 0 aromatic carbocycles. The molecule has 0 aliphatic heterocycles. The molecule has 0 unspecified atom stereocenters. The van der Waals surface area contributed by atoms with Crippen molar-refractivity contribution in [3.63, 3.8) is 0 Å². The van der Waals surface area contributed by atoms with Crippen molar-refractivity contribution in [2.24, 2.45) is 0 Å². The molecule has 1 aliphatic rings. The van der Waals surface area contributed by atoms with E-state index in [1.807, 2.05) is 19.1 Å². The van der Waals surface area contributed by atoms with E-state index in [1.54, 1.807) is 12.2 Å². The number of hydrogen-bond donors (Lipinski definition) is 1. The van der Waals surface area contributed by atoms with Gasteiger partial charge in [-0.05, 0) is 38.3 Å². The van der Waals surface area contributed by atoms with Gasteiger partial charge in [-0.25, -0.2) is 0 Å². The Morgan fingerprint density at radius 2 is 2.12 bits per heavy atom. The van der Waals surface area contributed by atoms with Crippen LogP contribution in [0.4, 0.5) is 0 Å². The summed E-state index contributed by atoms with van der Waals surface area (Å²) in [6.45, 7) is 5.45. The normalized spacial score (nSPS) is 18.3. The van der Waals surface area contributed by atoms with E-state index >= 15 is 0 Å². The molecule has 0 radical (unpaired) electrons. The van der Waals surface area contributed by atoms with E-state index in [0.29, 0.717) is 5.57 Å². The summed E-state index contributed by atoms with van der Waals surface area (Å²) in [5.41, 5.74) is 0.992. The van der Waals surface area contributed by atoms with Crippen LogP contribution in [-0.4, -0.2) is 5.54 Å². The molecule has 0 saturated heterocycles. The van der Waals surface area contributed by atoms with E-state index < -0.39 is 0 Å². The molecule has 0 heterocycles. The summed E-state index contributed by atoms with van der Waals surface area (Å²) in [5, 5.41) is 20.7. The van der Waals surface area contributed by atoms with Gasteiger partial charge in [-0.2, -0.15) is 10.5 Å². The molecule has 0 aromatic rings. The van der Waals surface area contributed by atoms with Gasteiger partial charge in [0, 0.05) is 11.3 Å². The highest BCUT2D eigenvalue weighted by molar-refractivity contribution is 5.32. The number of hydrogen-bond acceptors (Lipinski definition) is 3. The van der Waals surface area contributed by atoms with Crippen LogP contribution >= 0.6 is 0 Å². The minimum atomic E-state index is -0.360. The zero-order valence-electron chi connectivity index (χ0n) is 9.45. The Hall–Kier alpha value is -2.00. The zero-order valence-corrected chi connectivity index (χ0v) is 9.45. The molecule has 0 spiro atoms. The third-order valence-electron chi connectivity index (χ3n) is 2.64. The number of nitriles is 2. The summed E-state index contributed by atoms with van der Waals surface area (Å²) in [6.07, 6.45) is 8.17. The van der Waals surface area contributed by atoms with Crippen LogP contribution in [0.15, 0.2) is 36.1 Å². The van der Waals surface area contributed by atoms with Gasteiger partial charge < -0.3 is 5.32 Å². The summed E-state index contributed by atoms with van der Waals surface area (Å²) in [6, 6.07) is 4.25. The molecular formula is C13H15N3. The first kappa shape index (κ1) is 12.1. The van der Waals surface area contributed by atoms with E-state index in [-0.39, 0.29) is 5.54 Å². The van der Waals surface area contributed by atoms with Crippen molar-refractivity contribution in [2.45, 2.75) is 31.7 Å². The average Bonchev–Trinajstić information content (AvgIpc) is 2.23. The van der Waals surface area contributed by atoms with Crippen LogP contribution in [0.3, 0.4) is 0 Å². The van der Waals surface area contributed by atoms with E-state index in [1.165, 1.54) is 0 Å². The molecule has 0 bridgehead atoms. The van der Waals surface area contributed by atoms with Crippen molar-refractivity contribution in [1.82, 2.24) is 5.32 Å². The fourth-order valence-electron chi connectivity index (χ4n) is 1.56. The van der Waals surface area contributed by atoms with Crippen molar-refractivity contribution in [2.75, 3.05) is 0 Å². The fraction of sp³-hybridized carbons (Fsp3) is 0.385. The van der Waals surface area contributed by atoms with E-state index in [9.17, 15) is 0 Å². The summed E-state index contributed by atoms with van der Waals surface area (Å²) in [7, 11) is 0. The second-order valence-electron chi connectivity index (χ2n) is 4.02. The topological polar surface area (TPSA) is 59.6 Å². The van der Waals surface area contributed by atoms with Crippen molar-refractivity contribution < 1.29 is 0 Å². The van der Waals surface area contributed by atoms with Crippen LogP contribution in [0.5, 0.6) is 0 Å². The van der Waals surface area contributed by atoms with Crippen LogP contribution in [0.2, 0.25) is 0 Å². The molecule has 1 saturated carbocycles. The monoisotopic (exact) mass is 213 g/mol. The van der Waals surface area contributed by atoms with Gasteiger partial charge in [0.25, 0.3) is 0 Å². The first-order valence-corrected chi connectivity index (χ1v) is 5.25. The lowest BCUT2D eigenvalue weighted by molar-refractivity contribution is 0.276. The third-order valence-corrected chi connectivity index (χ3v) is 2.64. The van der Waals surface area contributed by atoms with E-state index in [0.717, 1.165) is 25.0 Å². The average molecular weight is 213 g/mol. The highest BCUT2D eigenvalue weighted by Gasteiger charge is 2.36. The van der Waals surface area contributed by atoms with Crippen LogP contribution in [0.25, 0.3) is 0 Å². The van der Waals surface area contributed by atoms with Crippen LogP contribution < -0.4 is 5.32 Å². The Morgan fingerprint density at radius 3 is 2.56 bits per heavy atom. The summed E-state index contributed by atoms with van der Waals surface area (Å²) in [4.78, 5) is 0. The van der Waals surface area contributed by atoms with Gasteiger partial charge in [-0.1, -0.05) is 12.7 Å². The smallest absolute Gasteiger partial charge is 0.125 e. The van der Waals surface area contributed by atoms with Crippen LogP contribution in [-0.2, 0) is 0 Å². The highest BCUT2D eigenvalue weighted by Crippen LogP contribution is 2.31. The van der Waals surface area contributed by atoms with Crippen molar-refractivity contribution >= 4 is 0 Å². The van der Waals surface area contributed by atoms with Gasteiger partial charge in [0.15, 0.2) is 0 Å². The number of nitrogens with zero attached hydrogens (tertiary/aromatic N) is 2. The molecule has 1 rings (SSSR count). The Balaban J connectivity index is 2.53. The van der Waals surface area contributed by atoms with E-state index in [4.69, 9.17) is 10.5 Å². The number of allylic oxidation sites excluding steroid dienone is 5. The Morgan fingerprint density at radius 1 is 1.44 bits per heavy atom. The quantitative estimate of drug-likeness (QED) is 0.576. The molecule has 16 heavy (non-hydrogen) atoms. The lowest BCUT2D eigenvalue weighted by Gasteiger charge is -2.37. The maximum absolute atomic E-state index is 9.02. The van der Waals surface area contributed by atoms with Gasteiger partial charge in [0.1, 0.15) is 5.54 Å². The molecule has 1 aliphatic carbocycles. The number of nitrogens with one attached hydrogen (secondary N) is 1. The van der Waals surface area contributed by atoms with Crippen LogP contribution in [0, 0.1) is 22.7 Å². The van der Waals surface area contributed by atoms with Gasteiger partial charge in [0.2, 0.25) is 0 Å². The Bertz CT molecular complexity index is 411. The predicted octanol–water partition coefficient (Wildman–Crippen LogP) is 2.56. The van der Waals surface area contributed by atoms with Gasteiger partial charge in [-0.15, -0.1) is 0 Å². The summed E-state index contributed by atoms with van der Waals surface area (Å²) < 4.78 is 0. The maximum atomic E-state index is 9.02. The number of rotatable bonds is 4. The standard InChI is InChI=1S/C13H15N3/c1-11(9-14)5-3-6-12(2)16-13(10-15)7-4-8-13/h3,5-6,16H,1,4,7-8H2,2H3/b5-3-,12-6+. The minimum Gasteiger partial charge on any atom is -0.371 e. The maximum Gasteiger partial charge on any atom is 0.125 e. The molecule has 0 aromatic heterocycles. The second-order valence-corrected chi connectivity index (χ2v) is 4.02. The molecule has 3 nitrogen and oxygen atoms in total. The zero-order chi connectivity index (χ0) is 12.0. The van der Waals surface area contributed by atoms with Gasteiger partial charge in [0.05, 0.1) is 12.1 Å². The molecule has 0 atom stereocenters. The summed E-state index contributed by atoms with van der Waals surface area (Å²) in [5.74, 6) is 0.